The highest BCUT2D eigenvalue weighted by Gasteiger charge is 2.35. The Labute approximate surface area is 166 Å². The topological polar surface area (TPSA) is 97.8 Å². The quantitative estimate of drug-likeness (QED) is 0.713. The fourth-order valence-corrected chi connectivity index (χ4v) is 3.66. The number of methoxy groups -OCH3 is 1. The number of hydrogen-bond acceptors (Lipinski definition) is 7. The van der Waals surface area contributed by atoms with E-state index in [1.54, 1.807) is 18.9 Å². The van der Waals surface area contributed by atoms with Crippen LogP contribution < -0.4 is 10.1 Å². The van der Waals surface area contributed by atoms with E-state index in [1.807, 2.05) is 24.3 Å². The number of esters is 1. The number of hydrogen-bond donors (Lipinski definition) is 1. The third-order valence-corrected chi connectivity index (χ3v) is 5.12. The molecule has 1 aromatic heterocycles. The first-order valence-electron chi connectivity index (χ1n) is 8.85. The number of thiazole rings is 1. The van der Waals surface area contributed by atoms with Gasteiger partial charge in [0.15, 0.2) is 10.8 Å². The van der Waals surface area contributed by atoms with Crippen LogP contribution in [0.1, 0.15) is 29.4 Å². The van der Waals surface area contributed by atoms with Crippen LogP contribution in [0.3, 0.4) is 0 Å². The zero-order valence-electron chi connectivity index (χ0n) is 15.6. The Morgan fingerprint density at radius 3 is 2.89 bits per heavy atom. The Balaban J connectivity index is 1.60. The summed E-state index contributed by atoms with van der Waals surface area (Å²) >= 11 is 1.14. The van der Waals surface area contributed by atoms with Crippen LogP contribution >= 0.6 is 11.3 Å². The summed E-state index contributed by atoms with van der Waals surface area (Å²) in [6, 6.07) is 7.48. The molecule has 1 aliphatic rings. The summed E-state index contributed by atoms with van der Waals surface area (Å²) in [6.07, 6.45) is 0.136. The molecule has 1 N–H and O–H groups in total. The number of likely N-dealkylation sites (tertiary alicyclic amines) is 1. The highest BCUT2D eigenvalue weighted by molar-refractivity contribution is 7.14. The predicted octanol–water partition coefficient (Wildman–Crippen LogP) is 2.32. The molecule has 1 atom stereocenters. The lowest BCUT2D eigenvalue weighted by Crippen LogP contribution is -2.28. The second kappa shape index (κ2) is 8.83. The maximum atomic E-state index is 12.5. The molecule has 1 unspecified atom stereocenters. The lowest BCUT2D eigenvalue weighted by Gasteiger charge is -2.18. The number of carbonyl (C=O) groups is 3. The van der Waals surface area contributed by atoms with E-state index in [-0.39, 0.29) is 30.5 Å². The Morgan fingerprint density at radius 1 is 1.36 bits per heavy atom. The van der Waals surface area contributed by atoms with Crippen molar-refractivity contribution in [2.24, 2.45) is 5.92 Å². The van der Waals surface area contributed by atoms with Crippen molar-refractivity contribution < 1.29 is 23.9 Å². The number of amides is 2. The average molecular weight is 403 g/mol. The minimum absolute atomic E-state index is 0.0857. The Bertz CT molecular complexity index is 882. The van der Waals surface area contributed by atoms with E-state index in [1.165, 1.54) is 5.38 Å². The first-order valence-corrected chi connectivity index (χ1v) is 9.73. The lowest BCUT2D eigenvalue weighted by molar-refractivity contribution is -0.128. The molecule has 3 rings (SSSR count). The van der Waals surface area contributed by atoms with Crippen molar-refractivity contribution in [1.82, 2.24) is 9.88 Å². The number of anilines is 1. The molecule has 2 heterocycles. The van der Waals surface area contributed by atoms with Crippen LogP contribution in [-0.2, 0) is 20.9 Å². The summed E-state index contributed by atoms with van der Waals surface area (Å²) in [5.41, 5.74) is 1.04. The van der Waals surface area contributed by atoms with E-state index >= 15 is 0 Å². The Hall–Kier alpha value is -2.94. The van der Waals surface area contributed by atoms with Crippen molar-refractivity contribution in [3.8, 4) is 5.75 Å². The van der Waals surface area contributed by atoms with Crippen LogP contribution in [0.4, 0.5) is 5.13 Å². The maximum Gasteiger partial charge on any atom is 0.357 e. The number of carbonyl (C=O) groups excluding carboxylic acids is 3. The standard InChI is InChI=1S/C19H21N3O5S/c1-3-27-18(25)14-11-28-19(20-14)21-17(24)13-8-16(23)22(10-13)9-12-6-4-5-7-15(12)26-2/h4-7,11,13H,3,8-10H2,1-2H3,(H,20,21,24). The van der Waals surface area contributed by atoms with Gasteiger partial charge in [-0.1, -0.05) is 18.2 Å². The highest BCUT2D eigenvalue weighted by Crippen LogP contribution is 2.26. The molecule has 0 radical (unpaired) electrons. The zero-order chi connectivity index (χ0) is 20.1. The van der Waals surface area contributed by atoms with Gasteiger partial charge in [0.2, 0.25) is 11.8 Å². The summed E-state index contributed by atoms with van der Waals surface area (Å²) in [5.74, 6) is -0.675. The van der Waals surface area contributed by atoms with Gasteiger partial charge in [-0.2, -0.15) is 0 Å². The van der Waals surface area contributed by atoms with Gasteiger partial charge in [-0.15, -0.1) is 11.3 Å². The van der Waals surface area contributed by atoms with Gasteiger partial charge in [0, 0.05) is 30.5 Å². The van der Waals surface area contributed by atoms with Crippen molar-refractivity contribution >= 4 is 34.3 Å². The monoisotopic (exact) mass is 403 g/mol. The van der Waals surface area contributed by atoms with E-state index in [2.05, 4.69) is 10.3 Å². The fraction of sp³-hybridized carbons (Fsp3) is 0.368. The number of rotatable bonds is 7. The van der Waals surface area contributed by atoms with Crippen LogP contribution in [0.5, 0.6) is 5.75 Å². The number of nitrogens with one attached hydrogen (secondary N) is 1. The molecule has 148 valence electrons. The van der Waals surface area contributed by atoms with E-state index in [9.17, 15) is 14.4 Å². The van der Waals surface area contributed by atoms with Gasteiger partial charge in [-0.3, -0.25) is 9.59 Å². The van der Waals surface area contributed by atoms with E-state index < -0.39 is 11.9 Å². The molecule has 1 aliphatic heterocycles. The molecule has 2 aromatic rings. The van der Waals surface area contributed by atoms with Crippen molar-refractivity contribution in [2.45, 2.75) is 19.9 Å². The Morgan fingerprint density at radius 2 is 2.14 bits per heavy atom. The smallest absolute Gasteiger partial charge is 0.357 e. The van der Waals surface area contributed by atoms with Gasteiger partial charge in [-0.05, 0) is 13.0 Å². The number of ether oxygens (including phenoxy) is 2. The fourth-order valence-electron chi connectivity index (χ4n) is 2.98. The van der Waals surface area contributed by atoms with Gasteiger partial charge in [0.25, 0.3) is 0 Å². The van der Waals surface area contributed by atoms with Crippen molar-refractivity contribution in [3.05, 3.63) is 40.9 Å². The second-order valence-corrected chi connectivity index (χ2v) is 7.09. The summed E-state index contributed by atoms with van der Waals surface area (Å²) in [6.45, 7) is 2.67. The number of benzene rings is 1. The van der Waals surface area contributed by atoms with E-state index in [0.29, 0.717) is 24.0 Å². The molecule has 0 aliphatic carbocycles. The zero-order valence-corrected chi connectivity index (χ0v) is 16.5. The third-order valence-electron chi connectivity index (χ3n) is 4.36. The average Bonchev–Trinajstić information content (AvgIpc) is 3.29. The SMILES string of the molecule is CCOC(=O)c1csc(NC(=O)C2CC(=O)N(Cc3ccccc3OC)C2)n1. The lowest BCUT2D eigenvalue weighted by atomic mass is 10.1. The molecule has 2 amide bonds. The van der Waals surface area contributed by atoms with Gasteiger partial charge in [-0.25, -0.2) is 9.78 Å². The van der Waals surface area contributed by atoms with Crippen LogP contribution in [-0.4, -0.2) is 47.9 Å². The van der Waals surface area contributed by atoms with Gasteiger partial charge >= 0.3 is 5.97 Å². The molecule has 1 aromatic carbocycles. The molecule has 9 heteroatoms. The molecule has 8 nitrogen and oxygen atoms in total. The molecule has 0 saturated carbocycles. The maximum absolute atomic E-state index is 12.5. The normalized spacial score (nSPS) is 16.1. The molecule has 1 fully saturated rings. The van der Waals surface area contributed by atoms with Crippen LogP contribution in [0.15, 0.2) is 29.6 Å². The molecular formula is C19H21N3O5S. The molecule has 1 saturated heterocycles. The van der Waals surface area contributed by atoms with Crippen molar-refractivity contribution in [1.29, 1.82) is 0 Å². The van der Waals surface area contributed by atoms with Crippen LogP contribution in [0, 0.1) is 5.92 Å². The summed E-state index contributed by atoms with van der Waals surface area (Å²) in [7, 11) is 1.58. The van der Waals surface area contributed by atoms with Crippen LogP contribution in [0.25, 0.3) is 0 Å². The summed E-state index contributed by atoms with van der Waals surface area (Å²) in [5, 5.41) is 4.52. The minimum atomic E-state index is -0.529. The highest BCUT2D eigenvalue weighted by atomic mass is 32.1. The van der Waals surface area contributed by atoms with Crippen LogP contribution in [0.2, 0.25) is 0 Å². The first kappa shape index (κ1) is 19.8. The largest absolute Gasteiger partial charge is 0.496 e. The number of nitrogens with zero attached hydrogens (tertiary/aromatic N) is 2. The van der Waals surface area contributed by atoms with Crippen molar-refractivity contribution in [3.63, 3.8) is 0 Å². The molecule has 28 heavy (non-hydrogen) atoms. The number of aromatic nitrogens is 1. The van der Waals surface area contributed by atoms with Gasteiger partial charge in [0.05, 0.1) is 19.6 Å². The summed E-state index contributed by atoms with van der Waals surface area (Å²) in [4.78, 5) is 42.2. The second-order valence-electron chi connectivity index (χ2n) is 6.23. The number of para-hydroxylation sites is 1. The van der Waals surface area contributed by atoms with Crippen molar-refractivity contribution in [2.75, 3.05) is 25.6 Å². The van der Waals surface area contributed by atoms with Gasteiger partial charge < -0.3 is 19.7 Å². The molecule has 0 spiro atoms. The Kier molecular flexibility index (Phi) is 6.25. The van der Waals surface area contributed by atoms with E-state index in [4.69, 9.17) is 9.47 Å². The predicted molar refractivity (Wildman–Crippen MR) is 103 cm³/mol. The van der Waals surface area contributed by atoms with E-state index in [0.717, 1.165) is 16.9 Å². The molecule has 0 bridgehead atoms. The first-order chi connectivity index (χ1) is 13.5. The third kappa shape index (κ3) is 4.48. The minimum Gasteiger partial charge on any atom is -0.496 e. The van der Waals surface area contributed by atoms with Gasteiger partial charge in [0.1, 0.15) is 5.75 Å². The summed E-state index contributed by atoms with van der Waals surface area (Å²) < 4.78 is 10.2. The molecular weight excluding hydrogens is 382 g/mol.